The van der Waals surface area contributed by atoms with Crippen LogP contribution < -0.4 is 5.32 Å². The van der Waals surface area contributed by atoms with Crippen molar-refractivity contribution in [1.29, 1.82) is 5.26 Å². The predicted octanol–water partition coefficient (Wildman–Crippen LogP) is 4.91. The fourth-order valence-electron chi connectivity index (χ4n) is 4.17. The Morgan fingerprint density at radius 2 is 2.13 bits per heavy atom. The SMILES string of the molecule is N#Cc1ccc(Nc2cccc([C@H]3CCCN3Cc3ccc4[nH]ccc4c3)n2)cn1. The molecule has 3 aromatic heterocycles. The maximum atomic E-state index is 8.90. The molecule has 1 aliphatic rings. The third-order valence-electron chi connectivity index (χ3n) is 5.63. The van der Waals surface area contributed by atoms with Gasteiger partial charge in [-0.3, -0.25) is 4.90 Å². The molecule has 0 bridgehead atoms. The van der Waals surface area contributed by atoms with Crippen LogP contribution >= 0.6 is 0 Å². The summed E-state index contributed by atoms with van der Waals surface area (Å²) in [4.78, 5) is 14.8. The zero-order chi connectivity index (χ0) is 20.3. The molecule has 2 N–H and O–H groups in total. The summed E-state index contributed by atoms with van der Waals surface area (Å²) in [5.74, 6) is 0.791. The smallest absolute Gasteiger partial charge is 0.140 e. The Morgan fingerprint density at radius 1 is 1.17 bits per heavy atom. The number of hydrogen-bond acceptors (Lipinski definition) is 5. The molecule has 1 aliphatic heterocycles. The van der Waals surface area contributed by atoms with E-state index in [0.29, 0.717) is 11.7 Å². The Hall–Kier alpha value is -3.69. The van der Waals surface area contributed by atoms with Crippen molar-refractivity contribution in [2.75, 3.05) is 11.9 Å². The van der Waals surface area contributed by atoms with Crippen LogP contribution in [0.25, 0.3) is 10.9 Å². The van der Waals surface area contributed by atoms with Crippen LogP contribution in [0.2, 0.25) is 0 Å². The average Bonchev–Trinajstić information content (AvgIpc) is 3.43. The number of rotatable bonds is 5. The van der Waals surface area contributed by atoms with E-state index < -0.39 is 0 Å². The van der Waals surface area contributed by atoms with Crippen LogP contribution in [-0.2, 0) is 6.54 Å². The molecule has 4 aromatic rings. The van der Waals surface area contributed by atoms with E-state index in [9.17, 15) is 0 Å². The van der Waals surface area contributed by atoms with Crippen LogP contribution in [0.4, 0.5) is 11.5 Å². The highest BCUT2D eigenvalue weighted by molar-refractivity contribution is 5.79. The Balaban J connectivity index is 1.33. The lowest BCUT2D eigenvalue weighted by Gasteiger charge is -2.24. The zero-order valence-corrected chi connectivity index (χ0v) is 16.5. The summed E-state index contributed by atoms with van der Waals surface area (Å²) in [5.41, 5.74) is 4.81. The number of pyridine rings is 2. The number of H-pyrrole nitrogens is 1. The molecule has 1 aromatic carbocycles. The largest absolute Gasteiger partial charge is 0.361 e. The molecule has 5 rings (SSSR count). The fourth-order valence-corrected chi connectivity index (χ4v) is 4.17. The molecule has 30 heavy (non-hydrogen) atoms. The van der Waals surface area contributed by atoms with Crippen LogP contribution in [0.1, 0.15) is 35.8 Å². The first-order valence-electron chi connectivity index (χ1n) is 10.2. The van der Waals surface area contributed by atoms with Gasteiger partial charge in [-0.15, -0.1) is 0 Å². The Bertz CT molecular complexity index is 1200. The van der Waals surface area contributed by atoms with Gasteiger partial charge in [-0.1, -0.05) is 12.1 Å². The first-order chi connectivity index (χ1) is 14.8. The first kappa shape index (κ1) is 18.3. The first-order valence-corrected chi connectivity index (χ1v) is 10.2. The number of aromatic nitrogens is 3. The summed E-state index contributed by atoms with van der Waals surface area (Å²) in [6, 6.07) is 20.8. The molecule has 0 amide bonds. The van der Waals surface area contributed by atoms with E-state index >= 15 is 0 Å². The van der Waals surface area contributed by atoms with Gasteiger partial charge in [-0.2, -0.15) is 5.26 Å². The van der Waals surface area contributed by atoms with E-state index in [4.69, 9.17) is 10.2 Å². The Labute approximate surface area is 175 Å². The minimum atomic E-state index is 0.313. The second kappa shape index (κ2) is 7.97. The number of hydrogen-bond donors (Lipinski definition) is 2. The van der Waals surface area contributed by atoms with Crippen LogP contribution in [0, 0.1) is 11.3 Å². The standard InChI is InChI=1S/C24H22N6/c25-14-19-7-8-20(15-27-19)28-24-5-1-3-22(29-24)23-4-2-12-30(23)16-17-6-9-21-18(13-17)10-11-26-21/h1,3,5-11,13,15,23,26H,2,4,12,16H2,(H,28,29)/t23-/m1/s1. The lowest BCUT2D eigenvalue weighted by atomic mass is 10.1. The minimum absolute atomic E-state index is 0.313. The molecule has 0 aliphatic carbocycles. The highest BCUT2D eigenvalue weighted by atomic mass is 15.2. The summed E-state index contributed by atoms with van der Waals surface area (Å²) in [7, 11) is 0. The van der Waals surface area contributed by atoms with Gasteiger partial charge < -0.3 is 10.3 Å². The lowest BCUT2D eigenvalue weighted by Crippen LogP contribution is -2.23. The van der Waals surface area contributed by atoms with Gasteiger partial charge in [0.1, 0.15) is 17.6 Å². The van der Waals surface area contributed by atoms with Crippen molar-refractivity contribution in [2.24, 2.45) is 0 Å². The van der Waals surface area contributed by atoms with Crippen molar-refractivity contribution in [3.05, 3.63) is 83.9 Å². The molecule has 6 nitrogen and oxygen atoms in total. The molecule has 0 spiro atoms. The van der Waals surface area contributed by atoms with Crippen molar-refractivity contribution < 1.29 is 0 Å². The van der Waals surface area contributed by atoms with Gasteiger partial charge in [0.15, 0.2) is 0 Å². The molecular formula is C24H22N6. The second-order valence-electron chi connectivity index (χ2n) is 7.64. The normalized spacial score (nSPS) is 16.6. The number of fused-ring (bicyclic) bond motifs is 1. The topological polar surface area (TPSA) is 80.6 Å². The van der Waals surface area contributed by atoms with Crippen LogP contribution in [-0.4, -0.2) is 26.4 Å². The number of likely N-dealkylation sites (tertiary alicyclic amines) is 1. The number of nitrogens with one attached hydrogen (secondary N) is 2. The van der Waals surface area contributed by atoms with E-state index in [-0.39, 0.29) is 0 Å². The number of nitrogens with zero attached hydrogens (tertiary/aromatic N) is 4. The van der Waals surface area contributed by atoms with Crippen LogP contribution in [0.3, 0.4) is 0 Å². The molecule has 4 heterocycles. The zero-order valence-electron chi connectivity index (χ0n) is 16.5. The molecule has 0 unspecified atom stereocenters. The van der Waals surface area contributed by atoms with Gasteiger partial charge in [0, 0.05) is 18.3 Å². The minimum Gasteiger partial charge on any atom is -0.361 e. The van der Waals surface area contributed by atoms with Crippen LogP contribution in [0.5, 0.6) is 0 Å². The fraction of sp³-hybridized carbons (Fsp3) is 0.208. The van der Waals surface area contributed by atoms with Gasteiger partial charge in [0.25, 0.3) is 0 Å². The highest BCUT2D eigenvalue weighted by Crippen LogP contribution is 2.33. The van der Waals surface area contributed by atoms with Gasteiger partial charge in [0.05, 0.1) is 23.6 Å². The highest BCUT2D eigenvalue weighted by Gasteiger charge is 2.27. The maximum Gasteiger partial charge on any atom is 0.140 e. The summed E-state index contributed by atoms with van der Waals surface area (Å²) in [6.45, 7) is 2.00. The van der Waals surface area contributed by atoms with E-state index in [2.05, 4.69) is 50.5 Å². The third-order valence-corrected chi connectivity index (χ3v) is 5.63. The summed E-state index contributed by atoms with van der Waals surface area (Å²) in [5, 5.41) is 13.4. The quantitative estimate of drug-likeness (QED) is 0.503. The molecule has 0 saturated carbocycles. The number of aromatic amines is 1. The summed E-state index contributed by atoms with van der Waals surface area (Å²) < 4.78 is 0. The number of anilines is 2. The van der Waals surface area contributed by atoms with Crippen molar-refractivity contribution in [3.8, 4) is 6.07 Å². The molecule has 148 valence electrons. The molecular weight excluding hydrogens is 372 g/mol. The van der Waals surface area contributed by atoms with E-state index in [1.54, 1.807) is 12.3 Å². The molecule has 6 heteroatoms. The van der Waals surface area contributed by atoms with Gasteiger partial charge in [0.2, 0.25) is 0 Å². The van der Waals surface area contributed by atoms with Crippen LogP contribution in [0.15, 0.2) is 67.0 Å². The van der Waals surface area contributed by atoms with E-state index in [0.717, 1.165) is 36.7 Å². The maximum absolute atomic E-state index is 8.90. The Kier molecular flexibility index (Phi) is 4.88. The van der Waals surface area contributed by atoms with E-state index in [1.807, 2.05) is 30.5 Å². The van der Waals surface area contributed by atoms with Gasteiger partial charge in [-0.05, 0) is 72.8 Å². The third kappa shape index (κ3) is 3.76. The molecule has 1 fully saturated rings. The summed E-state index contributed by atoms with van der Waals surface area (Å²) in [6.07, 6.45) is 5.93. The van der Waals surface area contributed by atoms with Crippen molar-refractivity contribution >= 4 is 22.4 Å². The second-order valence-corrected chi connectivity index (χ2v) is 7.64. The average molecular weight is 394 g/mol. The number of nitriles is 1. The van der Waals surface area contributed by atoms with E-state index in [1.165, 1.54) is 22.9 Å². The summed E-state index contributed by atoms with van der Waals surface area (Å²) >= 11 is 0. The lowest BCUT2D eigenvalue weighted by molar-refractivity contribution is 0.244. The number of benzene rings is 1. The van der Waals surface area contributed by atoms with Gasteiger partial charge in [-0.25, -0.2) is 9.97 Å². The van der Waals surface area contributed by atoms with Crippen molar-refractivity contribution in [3.63, 3.8) is 0 Å². The molecule has 0 radical (unpaired) electrons. The van der Waals surface area contributed by atoms with Gasteiger partial charge >= 0.3 is 0 Å². The molecule has 1 atom stereocenters. The Morgan fingerprint density at radius 3 is 3.00 bits per heavy atom. The van der Waals surface area contributed by atoms with Crippen molar-refractivity contribution in [2.45, 2.75) is 25.4 Å². The monoisotopic (exact) mass is 394 g/mol. The predicted molar refractivity (Wildman–Crippen MR) is 117 cm³/mol. The molecule has 1 saturated heterocycles. The van der Waals surface area contributed by atoms with Crippen molar-refractivity contribution in [1.82, 2.24) is 19.9 Å².